The van der Waals surface area contributed by atoms with E-state index < -0.39 is 18.4 Å². The van der Waals surface area contributed by atoms with Gasteiger partial charge in [0.05, 0.1) is 24.3 Å². The first-order chi connectivity index (χ1) is 14.2. The molecule has 0 unspecified atom stereocenters. The first-order valence-corrected chi connectivity index (χ1v) is 11.3. The van der Waals surface area contributed by atoms with Gasteiger partial charge in [-0.2, -0.15) is 0 Å². The summed E-state index contributed by atoms with van der Waals surface area (Å²) >= 11 is 0. The van der Waals surface area contributed by atoms with E-state index in [0.717, 1.165) is 44.2 Å². The number of nitrogens with zero attached hydrogens (tertiary/aromatic N) is 1. The van der Waals surface area contributed by atoms with E-state index in [0.29, 0.717) is 17.8 Å². The van der Waals surface area contributed by atoms with Gasteiger partial charge in [0.15, 0.2) is 6.61 Å². The Morgan fingerprint density at radius 1 is 1.20 bits per heavy atom. The standard InChI is InChI=1S/C23H34N2O5/c1-22-9-7-15(25-30-13-20(27)24-12-21(28)29)11-14(22)3-4-16-17-5-6-19(26)23(17,2)10-8-18(16)22/h11,16-19,26H,3-10,12-13H2,1-2H3,(H,24,27)(H,28,29)/p-1/b25-15-/t16-,17-,18-,19+,22-,23-/m0/s1. The number of nitrogens with one attached hydrogen (secondary N) is 1. The number of fused-ring (bicyclic) bond motifs is 5. The zero-order valence-corrected chi connectivity index (χ0v) is 18.0. The first kappa shape index (κ1) is 21.3. The molecule has 3 saturated carbocycles. The minimum absolute atomic E-state index is 0.102. The van der Waals surface area contributed by atoms with Crippen LogP contribution in [0.1, 0.15) is 65.2 Å². The average molecular weight is 418 g/mol. The van der Waals surface area contributed by atoms with Crippen LogP contribution in [0.2, 0.25) is 0 Å². The molecule has 4 aliphatic rings. The number of aliphatic hydroxyl groups is 1. The maximum atomic E-state index is 11.5. The smallest absolute Gasteiger partial charge is 0.261 e. The molecule has 0 aromatic heterocycles. The average Bonchev–Trinajstić information content (AvgIpc) is 3.01. The zero-order valence-electron chi connectivity index (χ0n) is 18.0. The summed E-state index contributed by atoms with van der Waals surface area (Å²) in [7, 11) is 0. The molecule has 1 amide bonds. The van der Waals surface area contributed by atoms with E-state index in [4.69, 9.17) is 4.84 Å². The summed E-state index contributed by atoms with van der Waals surface area (Å²) in [4.78, 5) is 27.1. The Bertz CT molecular complexity index is 778. The van der Waals surface area contributed by atoms with E-state index in [2.05, 4.69) is 30.4 Å². The molecule has 0 bridgehead atoms. The quantitative estimate of drug-likeness (QED) is 0.660. The molecule has 6 atom stereocenters. The van der Waals surface area contributed by atoms with Crippen molar-refractivity contribution >= 4 is 17.6 Å². The molecule has 0 aliphatic heterocycles. The molecule has 2 N–H and O–H groups in total. The molecule has 0 heterocycles. The topological polar surface area (TPSA) is 111 Å². The van der Waals surface area contributed by atoms with Gasteiger partial charge < -0.3 is 25.2 Å². The lowest BCUT2D eigenvalue weighted by atomic mass is 9.47. The van der Waals surface area contributed by atoms with Crippen molar-refractivity contribution in [3.8, 4) is 0 Å². The van der Waals surface area contributed by atoms with E-state index in [1.54, 1.807) is 0 Å². The predicted molar refractivity (Wildman–Crippen MR) is 109 cm³/mol. The van der Waals surface area contributed by atoms with Crippen molar-refractivity contribution in [1.29, 1.82) is 0 Å². The second kappa shape index (κ2) is 7.98. The fourth-order valence-electron chi connectivity index (χ4n) is 7.01. The molecule has 0 spiro atoms. The van der Waals surface area contributed by atoms with Crippen molar-refractivity contribution in [2.75, 3.05) is 13.2 Å². The summed E-state index contributed by atoms with van der Waals surface area (Å²) in [5.74, 6) is 0.143. The third kappa shape index (κ3) is 3.66. The van der Waals surface area contributed by atoms with E-state index in [1.165, 1.54) is 18.4 Å². The molecule has 4 rings (SSSR count). The third-order valence-corrected chi connectivity index (χ3v) is 8.73. The van der Waals surface area contributed by atoms with Gasteiger partial charge in [0.2, 0.25) is 0 Å². The second-order valence-electron chi connectivity index (χ2n) is 10.1. The van der Waals surface area contributed by atoms with Crippen molar-refractivity contribution < 1.29 is 24.6 Å². The number of hydrogen-bond donors (Lipinski definition) is 2. The molecule has 0 aromatic carbocycles. The summed E-state index contributed by atoms with van der Waals surface area (Å²) in [6.45, 7) is 3.89. The van der Waals surface area contributed by atoms with Crippen LogP contribution < -0.4 is 10.4 Å². The van der Waals surface area contributed by atoms with Gasteiger partial charge in [0.25, 0.3) is 5.91 Å². The maximum Gasteiger partial charge on any atom is 0.261 e. The molecule has 7 nitrogen and oxygen atoms in total. The van der Waals surface area contributed by atoms with Crippen LogP contribution in [0.25, 0.3) is 0 Å². The fourth-order valence-corrected chi connectivity index (χ4v) is 7.01. The number of carboxylic acid groups (broad SMARTS) is 1. The van der Waals surface area contributed by atoms with Gasteiger partial charge in [0.1, 0.15) is 0 Å². The van der Waals surface area contributed by atoms with Crippen molar-refractivity contribution in [2.45, 2.75) is 71.3 Å². The van der Waals surface area contributed by atoms with Crippen molar-refractivity contribution in [3.63, 3.8) is 0 Å². The Morgan fingerprint density at radius 3 is 2.77 bits per heavy atom. The summed E-state index contributed by atoms with van der Waals surface area (Å²) in [5, 5.41) is 27.3. The second-order valence-corrected chi connectivity index (χ2v) is 10.1. The Hall–Kier alpha value is -1.89. The van der Waals surface area contributed by atoms with Gasteiger partial charge in [-0.05, 0) is 86.0 Å². The van der Waals surface area contributed by atoms with E-state index in [9.17, 15) is 19.8 Å². The zero-order chi connectivity index (χ0) is 21.5. The summed E-state index contributed by atoms with van der Waals surface area (Å²) in [5.41, 5.74) is 2.58. The van der Waals surface area contributed by atoms with Crippen LogP contribution in [0.3, 0.4) is 0 Å². The molecule has 7 heteroatoms. The van der Waals surface area contributed by atoms with Crippen molar-refractivity contribution in [2.24, 2.45) is 33.7 Å². The normalized spacial score (nSPS) is 41.3. The Labute approximate surface area is 177 Å². The molecular formula is C23H33N2O5-. The number of carbonyl (C=O) groups excluding carboxylic acids is 2. The monoisotopic (exact) mass is 417 g/mol. The molecule has 0 saturated heterocycles. The highest BCUT2D eigenvalue weighted by Crippen LogP contribution is 2.65. The number of amides is 1. The van der Waals surface area contributed by atoms with Crippen LogP contribution in [0.4, 0.5) is 0 Å². The third-order valence-electron chi connectivity index (χ3n) is 8.73. The Kier molecular flexibility index (Phi) is 5.68. The van der Waals surface area contributed by atoms with Gasteiger partial charge in [-0.1, -0.05) is 24.6 Å². The van der Waals surface area contributed by atoms with Gasteiger partial charge in [0, 0.05) is 0 Å². The minimum Gasteiger partial charge on any atom is -0.548 e. The predicted octanol–water partition coefficient (Wildman–Crippen LogP) is 1.55. The van der Waals surface area contributed by atoms with Gasteiger partial charge >= 0.3 is 0 Å². The van der Waals surface area contributed by atoms with Crippen LogP contribution >= 0.6 is 0 Å². The maximum absolute atomic E-state index is 11.5. The first-order valence-electron chi connectivity index (χ1n) is 11.3. The number of carbonyl (C=O) groups is 2. The van der Waals surface area contributed by atoms with E-state index >= 15 is 0 Å². The minimum atomic E-state index is -1.34. The lowest BCUT2D eigenvalue weighted by Gasteiger charge is -2.57. The van der Waals surface area contributed by atoms with Crippen LogP contribution in [0, 0.1) is 28.6 Å². The van der Waals surface area contributed by atoms with E-state index in [1.807, 2.05) is 0 Å². The molecule has 3 fully saturated rings. The summed E-state index contributed by atoms with van der Waals surface area (Å²) in [6, 6.07) is 0. The van der Waals surface area contributed by atoms with E-state index in [-0.39, 0.29) is 23.5 Å². The van der Waals surface area contributed by atoms with Gasteiger partial charge in [-0.25, -0.2) is 0 Å². The molecule has 30 heavy (non-hydrogen) atoms. The lowest BCUT2D eigenvalue weighted by molar-refractivity contribution is -0.304. The van der Waals surface area contributed by atoms with Crippen LogP contribution in [-0.2, 0) is 14.4 Å². The van der Waals surface area contributed by atoms with Crippen molar-refractivity contribution in [1.82, 2.24) is 5.32 Å². The van der Waals surface area contributed by atoms with Crippen LogP contribution in [0.5, 0.6) is 0 Å². The number of aliphatic carboxylic acids is 1. The highest BCUT2D eigenvalue weighted by atomic mass is 16.6. The van der Waals surface area contributed by atoms with Gasteiger partial charge in [-0.15, -0.1) is 0 Å². The highest BCUT2D eigenvalue weighted by molar-refractivity contribution is 5.96. The Morgan fingerprint density at radius 2 is 2.00 bits per heavy atom. The van der Waals surface area contributed by atoms with Crippen LogP contribution in [-0.4, -0.2) is 42.0 Å². The molecular weight excluding hydrogens is 384 g/mol. The largest absolute Gasteiger partial charge is 0.548 e. The molecule has 0 radical (unpaired) electrons. The van der Waals surface area contributed by atoms with Gasteiger partial charge in [-0.3, -0.25) is 4.79 Å². The molecule has 4 aliphatic carbocycles. The molecule has 0 aromatic rings. The number of carboxylic acids is 1. The summed E-state index contributed by atoms with van der Waals surface area (Å²) < 4.78 is 0. The van der Waals surface area contributed by atoms with Crippen LogP contribution in [0.15, 0.2) is 16.8 Å². The lowest BCUT2D eigenvalue weighted by Crippen LogP contribution is -2.51. The number of aliphatic hydroxyl groups excluding tert-OH is 1. The number of hydrogen-bond acceptors (Lipinski definition) is 6. The number of allylic oxidation sites excluding steroid dienone is 2. The number of rotatable bonds is 5. The van der Waals surface area contributed by atoms with Crippen molar-refractivity contribution in [3.05, 3.63) is 11.6 Å². The summed E-state index contributed by atoms with van der Waals surface area (Å²) in [6.07, 6.45) is 10.5. The highest BCUT2D eigenvalue weighted by Gasteiger charge is 2.58. The SMILES string of the molecule is C[C@]12CC[C@H]3[C@@H](CCC4=C/C(=N\OCC(=O)NCC(=O)[O-])CC[C@@]43C)[C@@H]1CC[C@H]2O. The number of oxime groups is 1. The fraction of sp³-hybridized carbons (Fsp3) is 0.783. The Balaban J connectivity index is 1.41. The molecule has 166 valence electrons.